The minimum absolute atomic E-state index is 0.366. The highest BCUT2D eigenvalue weighted by atomic mass is 32.2. The molecule has 1 aromatic rings. The van der Waals surface area contributed by atoms with E-state index in [9.17, 15) is 13.2 Å². The summed E-state index contributed by atoms with van der Waals surface area (Å²) in [6.45, 7) is 1.49. The van der Waals surface area contributed by atoms with Crippen LogP contribution in [0, 0.1) is 0 Å². The van der Waals surface area contributed by atoms with Gasteiger partial charge in [-0.1, -0.05) is 30.3 Å². The molecule has 19 heavy (non-hydrogen) atoms. The third kappa shape index (κ3) is 6.32. The molecular weight excluding hydrogens is 268 g/mol. The van der Waals surface area contributed by atoms with E-state index in [0.29, 0.717) is 6.42 Å². The highest BCUT2D eigenvalue weighted by Crippen LogP contribution is 2.02. The van der Waals surface area contributed by atoms with Gasteiger partial charge < -0.3 is 11.1 Å². The zero-order valence-electron chi connectivity index (χ0n) is 10.6. The second-order valence-corrected chi connectivity index (χ2v) is 5.95. The van der Waals surface area contributed by atoms with E-state index >= 15 is 0 Å². The average Bonchev–Trinajstić information content (AvgIpc) is 2.27. The summed E-state index contributed by atoms with van der Waals surface area (Å²) in [5.74, 6) is -0.975. The summed E-state index contributed by atoms with van der Waals surface area (Å²) < 4.78 is 30.0. The predicted molar refractivity (Wildman–Crippen MR) is 72.1 cm³/mol. The minimum atomic E-state index is -4.11. The summed E-state index contributed by atoms with van der Waals surface area (Å²) in [6.07, 6.45) is 0.366. The van der Waals surface area contributed by atoms with Crippen LogP contribution in [0.3, 0.4) is 0 Å². The minimum Gasteiger partial charge on any atom is -0.351 e. The molecule has 1 aromatic carbocycles. The quantitative estimate of drug-likeness (QED) is 0.635. The van der Waals surface area contributed by atoms with E-state index in [4.69, 9.17) is 10.3 Å². The van der Waals surface area contributed by atoms with Crippen molar-refractivity contribution in [1.29, 1.82) is 0 Å². The molecule has 1 rings (SSSR count). The van der Waals surface area contributed by atoms with Gasteiger partial charge in [0, 0.05) is 6.04 Å². The molecule has 0 saturated heterocycles. The lowest BCUT2D eigenvalue weighted by molar-refractivity contribution is -0.122. The monoisotopic (exact) mass is 286 g/mol. The van der Waals surface area contributed by atoms with Crippen LogP contribution >= 0.6 is 0 Å². The standard InChI is InChI=1S/C12H18N2O4S/c1-9(8-19(16,17)18)14-12(15)11(13)7-10-5-3-2-4-6-10/h2-6,9,11H,7-8,13H2,1H3,(H,14,15)(H,16,17,18)/t9-,11-/m0/s1. The number of hydrogen-bond acceptors (Lipinski definition) is 4. The van der Waals surface area contributed by atoms with E-state index in [2.05, 4.69) is 5.32 Å². The van der Waals surface area contributed by atoms with Crippen molar-refractivity contribution >= 4 is 16.0 Å². The highest BCUT2D eigenvalue weighted by molar-refractivity contribution is 7.85. The fourth-order valence-corrected chi connectivity index (χ4v) is 2.38. The maximum atomic E-state index is 11.7. The first-order chi connectivity index (χ1) is 8.78. The van der Waals surface area contributed by atoms with Crippen molar-refractivity contribution < 1.29 is 17.8 Å². The Morgan fingerprint density at radius 3 is 2.47 bits per heavy atom. The van der Waals surface area contributed by atoms with E-state index < -0.39 is 33.9 Å². The zero-order chi connectivity index (χ0) is 14.5. The summed E-state index contributed by atoms with van der Waals surface area (Å²) in [6, 6.07) is 7.82. The summed E-state index contributed by atoms with van der Waals surface area (Å²) in [7, 11) is -4.11. The Balaban J connectivity index is 2.49. The lowest BCUT2D eigenvalue weighted by atomic mass is 10.1. The fourth-order valence-electron chi connectivity index (χ4n) is 1.67. The van der Waals surface area contributed by atoms with Crippen LogP contribution in [-0.2, 0) is 21.3 Å². The smallest absolute Gasteiger partial charge is 0.266 e. The first-order valence-electron chi connectivity index (χ1n) is 5.83. The first-order valence-corrected chi connectivity index (χ1v) is 7.44. The van der Waals surface area contributed by atoms with E-state index in [1.807, 2.05) is 30.3 Å². The maximum absolute atomic E-state index is 11.7. The van der Waals surface area contributed by atoms with Gasteiger partial charge in [0.25, 0.3) is 10.1 Å². The molecule has 0 radical (unpaired) electrons. The van der Waals surface area contributed by atoms with E-state index in [1.165, 1.54) is 6.92 Å². The van der Waals surface area contributed by atoms with E-state index in [-0.39, 0.29) is 0 Å². The SMILES string of the molecule is C[C@@H](CS(=O)(=O)O)NC(=O)[C@@H](N)Cc1ccccc1. The van der Waals surface area contributed by atoms with Crippen molar-refractivity contribution in [3.05, 3.63) is 35.9 Å². The third-order valence-electron chi connectivity index (χ3n) is 2.48. The Labute approximate surface area is 112 Å². The second kappa shape index (κ2) is 6.65. The Morgan fingerprint density at radius 2 is 1.95 bits per heavy atom. The molecule has 1 amide bonds. The summed E-state index contributed by atoms with van der Waals surface area (Å²) >= 11 is 0. The van der Waals surface area contributed by atoms with Gasteiger partial charge in [-0.2, -0.15) is 8.42 Å². The van der Waals surface area contributed by atoms with Crippen molar-refractivity contribution in [3.63, 3.8) is 0 Å². The Kier molecular flexibility index (Phi) is 5.46. The molecule has 0 fully saturated rings. The Morgan fingerprint density at radius 1 is 1.37 bits per heavy atom. The molecule has 0 bridgehead atoms. The third-order valence-corrected chi connectivity index (χ3v) is 3.41. The summed E-state index contributed by atoms with van der Waals surface area (Å²) in [5.41, 5.74) is 6.66. The van der Waals surface area contributed by atoms with Gasteiger partial charge in [-0.25, -0.2) is 0 Å². The number of nitrogens with one attached hydrogen (secondary N) is 1. The topological polar surface area (TPSA) is 109 Å². The normalized spacial score (nSPS) is 14.7. The van der Waals surface area contributed by atoms with Crippen molar-refractivity contribution in [2.24, 2.45) is 5.73 Å². The van der Waals surface area contributed by atoms with Gasteiger partial charge in [-0.05, 0) is 18.9 Å². The van der Waals surface area contributed by atoms with Crippen LogP contribution in [0.5, 0.6) is 0 Å². The van der Waals surface area contributed by atoms with Crippen molar-refractivity contribution in [1.82, 2.24) is 5.32 Å². The molecule has 0 aliphatic heterocycles. The number of rotatable bonds is 6. The molecule has 0 heterocycles. The van der Waals surface area contributed by atoms with Crippen molar-refractivity contribution in [2.45, 2.75) is 25.4 Å². The molecule has 4 N–H and O–H groups in total. The van der Waals surface area contributed by atoms with E-state index in [1.54, 1.807) is 0 Å². The van der Waals surface area contributed by atoms with Crippen LogP contribution in [0.4, 0.5) is 0 Å². The van der Waals surface area contributed by atoms with Gasteiger partial charge in [0.2, 0.25) is 5.91 Å². The number of carbonyl (C=O) groups is 1. The molecule has 0 aliphatic rings. The van der Waals surface area contributed by atoms with Crippen LogP contribution < -0.4 is 11.1 Å². The molecule has 0 saturated carbocycles. The molecule has 7 heteroatoms. The lowest BCUT2D eigenvalue weighted by Crippen LogP contribution is -2.47. The molecule has 2 atom stereocenters. The van der Waals surface area contributed by atoms with Crippen LogP contribution in [0.15, 0.2) is 30.3 Å². The van der Waals surface area contributed by atoms with Gasteiger partial charge in [0.05, 0.1) is 11.8 Å². The molecule has 0 unspecified atom stereocenters. The number of benzene rings is 1. The zero-order valence-corrected chi connectivity index (χ0v) is 11.4. The molecular formula is C12H18N2O4S. The van der Waals surface area contributed by atoms with Gasteiger partial charge in [-0.3, -0.25) is 9.35 Å². The predicted octanol–water partition coefficient (Wildman–Crippen LogP) is -0.0511. The molecule has 0 aromatic heterocycles. The van der Waals surface area contributed by atoms with Gasteiger partial charge in [-0.15, -0.1) is 0 Å². The number of nitrogens with two attached hydrogens (primary N) is 1. The van der Waals surface area contributed by atoms with E-state index in [0.717, 1.165) is 5.56 Å². The fraction of sp³-hybridized carbons (Fsp3) is 0.417. The van der Waals surface area contributed by atoms with Gasteiger partial charge >= 0.3 is 0 Å². The van der Waals surface area contributed by atoms with Crippen LogP contribution in [0.2, 0.25) is 0 Å². The lowest BCUT2D eigenvalue weighted by Gasteiger charge is -2.16. The molecule has 106 valence electrons. The molecule has 6 nitrogen and oxygen atoms in total. The number of carbonyl (C=O) groups excluding carboxylic acids is 1. The Hall–Kier alpha value is -1.44. The van der Waals surface area contributed by atoms with Crippen molar-refractivity contribution in [2.75, 3.05) is 5.75 Å². The summed E-state index contributed by atoms with van der Waals surface area (Å²) in [5, 5.41) is 2.45. The number of hydrogen-bond donors (Lipinski definition) is 3. The highest BCUT2D eigenvalue weighted by Gasteiger charge is 2.19. The average molecular weight is 286 g/mol. The summed E-state index contributed by atoms with van der Waals surface area (Å²) in [4.78, 5) is 11.7. The maximum Gasteiger partial charge on any atom is 0.266 e. The van der Waals surface area contributed by atoms with Crippen LogP contribution in [0.1, 0.15) is 12.5 Å². The van der Waals surface area contributed by atoms with Crippen LogP contribution in [-0.4, -0.2) is 36.7 Å². The van der Waals surface area contributed by atoms with Crippen LogP contribution in [0.25, 0.3) is 0 Å². The second-order valence-electron chi connectivity index (χ2n) is 4.45. The first kappa shape index (κ1) is 15.6. The molecule has 0 spiro atoms. The Bertz CT molecular complexity index is 516. The number of amides is 1. The van der Waals surface area contributed by atoms with Gasteiger partial charge in [0.15, 0.2) is 0 Å². The van der Waals surface area contributed by atoms with Crippen molar-refractivity contribution in [3.8, 4) is 0 Å². The van der Waals surface area contributed by atoms with Gasteiger partial charge in [0.1, 0.15) is 0 Å². The largest absolute Gasteiger partial charge is 0.351 e. The molecule has 0 aliphatic carbocycles.